The average Bonchev–Trinajstić information content (AvgIpc) is 2.72. The molecule has 4 nitrogen and oxygen atoms in total. The van der Waals surface area contributed by atoms with Gasteiger partial charge in [0.15, 0.2) is 0 Å². The first kappa shape index (κ1) is 17.7. The van der Waals surface area contributed by atoms with Crippen LogP contribution in [0, 0.1) is 0 Å². The van der Waals surface area contributed by atoms with E-state index in [4.69, 9.17) is 4.74 Å². The molecule has 0 bridgehead atoms. The first-order valence-electron chi connectivity index (χ1n) is 8.77. The highest BCUT2D eigenvalue weighted by Crippen LogP contribution is 2.20. The lowest BCUT2D eigenvalue weighted by Gasteiger charge is -2.22. The summed E-state index contributed by atoms with van der Waals surface area (Å²) in [5, 5.41) is 0. The number of benzene rings is 2. The number of anilines is 1. The Balaban J connectivity index is 1.85. The van der Waals surface area contributed by atoms with Gasteiger partial charge in [0, 0.05) is 11.8 Å². The summed E-state index contributed by atoms with van der Waals surface area (Å²) in [4.78, 5) is 19.2. The molecule has 2 aromatic carbocycles. The van der Waals surface area contributed by atoms with E-state index in [-0.39, 0.29) is 5.91 Å². The molecular formula is C22H22N2O2. The second kappa shape index (κ2) is 8.81. The van der Waals surface area contributed by atoms with Crippen LogP contribution in [-0.2, 0) is 6.54 Å². The number of nitrogens with zero attached hydrogens (tertiary/aromatic N) is 2. The van der Waals surface area contributed by atoms with Crippen molar-refractivity contribution >= 4 is 11.7 Å². The number of rotatable bonds is 7. The largest absolute Gasteiger partial charge is 0.494 e. The van der Waals surface area contributed by atoms with Gasteiger partial charge in [0.05, 0.1) is 13.2 Å². The molecule has 0 radical (unpaired) electrons. The topological polar surface area (TPSA) is 42.4 Å². The molecule has 0 saturated carbocycles. The summed E-state index contributed by atoms with van der Waals surface area (Å²) in [5.74, 6) is 1.32. The van der Waals surface area contributed by atoms with Crippen molar-refractivity contribution in [1.82, 2.24) is 4.98 Å². The Hall–Kier alpha value is -3.14. The maximum atomic E-state index is 13.1. The first-order chi connectivity index (χ1) is 12.8. The van der Waals surface area contributed by atoms with Crippen LogP contribution in [0.15, 0.2) is 79.0 Å². The molecule has 1 amide bonds. The van der Waals surface area contributed by atoms with Crippen LogP contribution in [0.5, 0.6) is 5.75 Å². The highest BCUT2D eigenvalue weighted by molar-refractivity contribution is 6.05. The van der Waals surface area contributed by atoms with Crippen LogP contribution in [0.2, 0.25) is 0 Å². The molecule has 0 saturated heterocycles. The second-order valence-electron chi connectivity index (χ2n) is 5.94. The van der Waals surface area contributed by atoms with Crippen molar-refractivity contribution in [2.75, 3.05) is 11.5 Å². The van der Waals surface area contributed by atoms with Crippen molar-refractivity contribution in [1.29, 1.82) is 0 Å². The number of carbonyl (C=O) groups excluding carboxylic acids is 1. The van der Waals surface area contributed by atoms with Crippen molar-refractivity contribution in [2.24, 2.45) is 0 Å². The van der Waals surface area contributed by atoms with Crippen LogP contribution < -0.4 is 9.64 Å². The van der Waals surface area contributed by atoms with Gasteiger partial charge < -0.3 is 4.74 Å². The summed E-state index contributed by atoms with van der Waals surface area (Å²) in [6.45, 7) is 3.19. The molecule has 26 heavy (non-hydrogen) atoms. The third-order valence-corrected chi connectivity index (χ3v) is 3.93. The molecule has 3 rings (SSSR count). The van der Waals surface area contributed by atoms with E-state index in [0.717, 1.165) is 17.7 Å². The summed E-state index contributed by atoms with van der Waals surface area (Å²) in [6, 6.07) is 22.8. The van der Waals surface area contributed by atoms with E-state index in [0.29, 0.717) is 24.5 Å². The maximum absolute atomic E-state index is 13.1. The van der Waals surface area contributed by atoms with Gasteiger partial charge in [0.2, 0.25) is 0 Å². The Labute approximate surface area is 154 Å². The van der Waals surface area contributed by atoms with Crippen molar-refractivity contribution < 1.29 is 9.53 Å². The summed E-state index contributed by atoms with van der Waals surface area (Å²) in [6.07, 6.45) is 2.65. The third-order valence-electron chi connectivity index (χ3n) is 3.93. The Morgan fingerprint density at radius 3 is 2.35 bits per heavy atom. The third kappa shape index (κ3) is 4.48. The molecule has 1 aromatic heterocycles. The fourth-order valence-electron chi connectivity index (χ4n) is 2.61. The Morgan fingerprint density at radius 2 is 1.69 bits per heavy atom. The van der Waals surface area contributed by atoms with Gasteiger partial charge >= 0.3 is 0 Å². The van der Waals surface area contributed by atoms with Gasteiger partial charge in [-0.2, -0.15) is 0 Å². The second-order valence-corrected chi connectivity index (χ2v) is 5.94. The SMILES string of the molecule is CCCOc1ccc(C(=O)N(Cc2ccccc2)c2ccccn2)cc1. The van der Waals surface area contributed by atoms with Crippen LogP contribution in [0.4, 0.5) is 5.82 Å². The lowest BCUT2D eigenvalue weighted by Crippen LogP contribution is -2.31. The van der Waals surface area contributed by atoms with Crippen LogP contribution in [0.25, 0.3) is 0 Å². The molecule has 4 heteroatoms. The van der Waals surface area contributed by atoms with Gasteiger partial charge in [-0.15, -0.1) is 0 Å². The zero-order valence-electron chi connectivity index (χ0n) is 14.8. The molecule has 3 aromatic rings. The monoisotopic (exact) mass is 346 g/mol. The molecule has 0 N–H and O–H groups in total. The first-order valence-corrected chi connectivity index (χ1v) is 8.77. The van der Waals surface area contributed by atoms with E-state index in [1.54, 1.807) is 23.2 Å². The molecule has 0 aliphatic rings. The van der Waals surface area contributed by atoms with Crippen LogP contribution in [0.3, 0.4) is 0 Å². The number of ether oxygens (including phenoxy) is 1. The zero-order chi connectivity index (χ0) is 18.2. The van der Waals surface area contributed by atoms with Gasteiger partial charge in [-0.3, -0.25) is 9.69 Å². The quantitative estimate of drug-likeness (QED) is 0.622. The number of carbonyl (C=O) groups is 1. The predicted molar refractivity (Wildman–Crippen MR) is 103 cm³/mol. The molecule has 0 atom stereocenters. The van der Waals surface area contributed by atoms with Crippen LogP contribution >= 0.6 is 0 Å². The number of pyridine rings is 1. The molecule has 0 unspecified atom stereocenters. The smallest absolute Gasteiger partial charge is 0.259 e. The molecular weight excluding hydrogens is 324 g/mol. The summed E-state index contributed by atoms with van der Waals surface area (Å²) >= 11 is 0. The minimum Gasteiger partial charge on any atom is -0.494 e. The zero-order valence-corrected chi connectivity index (χ0v) is 14.8. The number of amides is 1. The van der Waals surface area contributed by atoms with Crippen LogP contribution in [-0.4, -0.2) is 17.5 Å². The van der Waals surface area contributed by atoms with Gasteiger partial charge in [-0.05, 0) is 48.4 Å². The summed E-state index contributed by atoms with van der Waals surface area (Å²) < 4.78 is 5.59. The van der Waals surface area contributed by atoms with E-state index in [9.17, 15) is 4.79 Å². The summed E-state index contributed by atoms with van der Waals surface area (Å²) in [5.41, 5.74) is 1.66. The number of hydrogen-bond donors (Lipinski definition) is 0. The molecule has 0 spiro atoms. The van der Waals surface area contributed by atoms with Crippen molar-refractivity contribution in [3.63, 3.8) is 0 Å². The van der Waals surface area contributed by atoms with E-state index >= 15 is 0 Å². The van der Waals surface area contributed by atoms with E-state index in [2.05, 4.69) is 11.9 Å². The highest BCUT2D eigenvalue weighted by atomic mass is 16.5. The highest BCUT2D eigenvalue weighted by Gasteiger charge is 2.19. The number of aromatic nitrogens is 1. The standard InChI is InChI=1S/C22H22N2O2/c1-2-16-26-20-13-11-19(12-14-20)22(25)24(21-10-6-7-15-23-21)17-18-8-4-3-5-9-18/h3-15H,2,16-17H2,1H3. The summed E-state index contributed by atoms with van der Waals surface area (Å²) in [7, 11) is 0. The predicted octanol–water partition coefficient (Wildman–Crippen LogP) is 4.72. The minimum atomic E-state index is -0.0883. The van der Waals surface area contributed by atoms with Crippen molar-refractivity contribution in [3.05, 3.63) is 90.1 Å². The Bertz CT molecular complexity index is 818. The minimum absolute atomic E-state index is 0.0883. The molecule has 132 valence electrons. The Morgan fingerprint density at radius 1 is 0.962 bits per heavy atom. The maximum Gasteiger partial charge on any atom is 0.259 e. The van der Waals surface area contributed by atoms with E-state index in [1.807, 2.05) is 60.7 Å². The van der Waals surface area contributed by atoms with E-state index in [1.165, 1.54) is 0 Å². The van der Waals surface area contributed by atoms with Crippen molar-refractivity contribution in [2.45, 2.75) is 19.9 Å². The molecule has 1 heterocycles. The fraction of sp³-hybridized carbons (Fsp3) is 0.182. The van der Waals surface area contributed by atoms with E-state index < -0.39 is 0 Å². The lowest BCUT2D eigenvalue weighted by atomic mass is 10.1. The fourth-order valence-corrected chi connectivity index (χ4v) is 2.61. The van der Waals surface area contributed by atoms with Crippen molar-refractivity contribution in [3.8, 4) is 5.75 Å². The lowest BCUT2D eigenvalue weighted by molar-refractivity contribution is 0.0984. The van der Waals surface area contributed by atoms with Crippen LogP contribution in [0.1, 0.15) is 29.3 Å². The average molecular weight is 346 g/mol. The molecule has 0 aliphatic carbocycles. The molecule has 0 fully saturated rings. The van der Waals surface area contributed by atoms with Gasteiger partial charge in [-0.1, -0.05) is 43.3 Å². The van der Waals surface area contributed by atoms with Gasteiger partial charge in [0.1, 0.15) is 11.6 Å². The normalized spacial score (nSPS) is 10.3. The Kier molecular flexibility index (Phi) is 5.99. The molecule has 0 aliphatic heterocycles. The van der Waals surface area contributed by atoms with Gasteiger partial charge in [-0.25, -0.2) is 4.98 Å². The van der Waals surface area contributed by atoms with Gasteiger partial charge in [0.25, 0.3) is 5.91 Å². The number of hydrogen-bond acceptors (Lipinski definition) is 3.